The molecule has 164 valence electrons. The van der Waals surface area contributed by atoms with Gasteiger partial charge in [-0.3, -0.25) is 4.79 Å². The van der Waals surface area contributed by atoms with E-state index in [4.69, 9.17) is 4.74 Å². The molecule has 2 aromatic carbocycles. The van der Waals surface area contributed by atoms with Crippen molar-refractivity contribution in [2.75, 3.05) is 6.61 Å². The number of esters is 1. The van der Waals surface area contributed by atoms with Gasteiger partial charge < -0.3 is 14.0 Å². The van der Waals surface area contributed by atoms with E-state index in [1.165, 1.54) is 23.8 Å². The van der Waals surface area contributed by atoms with Crippen molar-refractivity contribution in [2.24, 2.45) is 0 Å². The number of rotatable bonds is 7. The lowest BCUT2D eigenvalue weighted by Crippen LogP contribution is -2.17. The van der Waals surface area contributed by atoms with Crippen LogP contribution >= 0.6 is 15.9 Å². The molecular weight excluding hydrogens is 475 g/mol. The molecular formula is C23H21BrF3NO3. The second kappa shape index (κ2) is 8.57. The van der Waals surface area contributed by atoms with Crippen LogP contribution in [0.25, 0.3) is 22.2 Å². The van der Waals surface area contributed by atoms with Gasteiger partial charge in [0.25, 0.3) is 0 Å². The first-order valence-electron chi connectivity index (χ1n) is 10.1. The average Bonchev–Trinajstić information content (AvgIpc) is 3.51. The van der Waals surface area contributed by atoms with Crippen LogP contribution in [0.3, 0.4) is 0 Å². The van der Waals surface area contributed by atoms with Crippen LogP contribution in [-0.2, 0) is 16.1 Å². The molecule has 8 heteroatoms. The molecule has 1 fully saturated rings. The predicted octanol–water partition coefficient (Wildman–Crippen LogP) is 6.80. The number of carbonyl (C=O) groups excluding carboxylic acids is 1. The number of carbonyl (C=O) groups is 1. The average molecular weight is 496 g/mol. The summed E-state index contributed by atoms with van der Waals surface area (Å²) >= 11 is 3.67. The number of nitrogens with zero attached hydrogens (tertiary/aromatic N) is 1. The first-order valence-corrected chi connectivity index (χ1v) is 10.9. The number of fused-ring (bicyclic) bond motifs is 1. The van der Waals surface area contributed by atoms with Crippen LogP contribution in [0.4, 0.5) is 13.2 Å². The summed E-state index contributed by atoms with van der Waals surface area (Å²) in [7, 11) is 0. The van der Waals surface area contributed by atoms with Crippen LogP contribution in [0.15, 0.2) is 46.9 Å². The molecule has 0 N–H and O–H groups in total. The van der Waals surface area contributed by atoms with Crippen molar-refractivity contribution in [2.45, 2.75) is 45.0 Å². The fourth-order valence-electron chi connectivity index (χ4n) is 3.79. The molecule has 0 radical (unpaired) electrons. The van der Waals surface area contributed by atoms with Crippen LogP contribution in [0, 0.1) is 0 Å². The van der Waals surface area contributed by atoms with Gasteiger partial charge in [-0.2, -0.15) is 0 Å². The summed E-state index contributed by atoms with van der Waals surface area (Å²) in [4.78, 5) is 12.0. The number of alkyl halides is 3. The van der Waals surface area contributed by atoms with E-state index < -0.39 is 6.36 Å². The number of aromatic nitrogens is 1. The van der Waals surface area contributed by atoms with Crippen LogP contribution in [0.1, 0.15) is 37.7 Å². The van der Waals surface area contributed by atoms with Gasteiger partial charge in [0, 0.05) is 23.0 Å². The van der Waals surface area contributed by atoms with E-state index in [0.29, 0.717) is 30.3 Å². The van der Waals surface area contributed by atoms with Crippen molar-refractivity contribution in [3.63, 3.8) is 0 Å². The van der Waals surface area contributed by atoms with Gasteiger partial charge in [-0.1, -0.05) is 18.2 Å². The van der Waals surface area contributed by atoms with Gasteiger partial charge in [0.05, 0.1) is 23.2 Å². The van der Waals surface area contributed by atoms with Gasteiger partial charge in [-0.15, -0.1) is 13.2 Å². The summed E-state index contributed by atoms with van der Waals surface area (Å²) in [5.41, 5.74) is 3.40. The summed E-state index contributed by atoms with van der Waals surface area (Å²) in [6, 6.07) is 12.1. The Morgan fingerprint density at radius 2 is 1.97 bits per heavy atom. The Kier molecular flexibility index (Phi) is 6.01. The Balaban J connectivity index is 1.80. The zero-order valence-electron chi connectivity index (χ0n) is 16.8. The molecule has 1 saturated carbocycles. The predicted molar refractivity (Wildman–Crippen MR) is 115 cm³/mol. The monoisotopic (exact) mass is 495 g/mol. The molecule has 0 aliphatic heterocycles. The number of benzene rings is 2. The fourth-order valence-corrected chi connectivity index (χ4v) is 4.55. The fraction of sp³-hybridized carbons (Fsp3) is 0.348. The van der Waals surface area contributed by atoms with Crippen molar-refractivity contribution in [1.29, 1.82) is 0 Å². The topological polar surface area (TPSA) is 40.5 Å². The van der Waals surface area contributed by atoms with Crippen LogP contribution < -0.4 is 4.74 Å². The maximum Gasteiger partial charge on any atom is 0.573 e. The summed E-state index contributed by atoms with van der Waals surface area (Å²) in [5.74, 6) is -0.0564. The minimum Gasteiger partial charge on any atom is -0.466 e. The molecule has 0 atom stereocenters. The third-order valence-electron chi connectivity index (χ3n) is 5.26. The van der Waals surface area contributed by atoms with Gasteiger partial charge in [0.2, 0.25) is 0 Å². The third kappa shape index (κ3) is 4.89. The first kappa shape index (κ1) is 21.7. The lowest BCUT2D eigenvalue weighted by Gasteiger charge is -2.13. The van der Waals surface area contributed by atoms with Crippen LogP contribution in [0.2, 0.25) is 0 Å². The minimum absolute atomic E-state index is 0.153. The maximum absolute atomic E-state index is 12.7. The normalized spacial score (nSPS) is 14.1. The van der Waals surface area contributed by atoms with E-state index >= 15 is 0 Å². The van der Waals surface area contributed by atoms with E-state index in [-0.39, 0.29) is 18.1 Å². The van der Waals surface area contributed by atoms with E-state index in [9.17, 15) is 18.0 Å². The Morgan fingerprint density at radius 3 is 2.65 bits per heavy atom. The van der Waals surface area contributed by atoms with Crippen molar-refractivity contribution in [3.05, 3.63) is 52.5 Å². The molecule has 4 nitrogen and oxygen atoms in total. The van der Waals surface area contributed by atoms with Crippen LogP contribution in [0.5, 0.6) is 5.75 Å². The highest BCUT2D eigenvalue weighted by Gasteiger charge is 2.31. The first-order chi connectivity index (χ1) is 14.8. The Bertz CT molecular complexity index is 1120. The number of hydrogen-bond acceptors (Lipinski definition) is 3. The van der Waals surface area contributed by atoms with E-state index in [0.717, 1.165) is 28.2 Å². The SMILES string of the molecule is CCOC(=O)CCn1c(-c2cccc(OC(F)(F)F)c2)c(Br)c2cc(C3CC3)ccc21. The van der Waals surface area contributed by atoms with Crippen molar-refractivity contribution in [1.82, 2.24) is 4.57 Å². The molecule has 0 bridgehead atoms. The van der Waals surface area contributed by atoms with Crippen molar-refractivity contribution >= 4 is 32.8 Å². The van der Waals surface area contributed by atoms with Crippen LogP contribution in [-0.4, -0.2) is 23.5 Å². The Morgan fingerprint density at radius 1 is 1.19 bits per heavy atom. The molecule has 0 spiro atoms. The smallest absolute Gasteiger partial charge is 0.466 e. The second-order valence-corrected chi connectivity index (χ2v) is 8.29. The molecule has 1 aliphatic carbocycles. The third-order valence-corrected chi connectivity index (χ3v) is 6.06. The van der Waals surface area contributed by atoms with E-state index in [1.807, 2.05) is 10.6 Å². The summed E-state index contributed by atoms with van der Waals surface area (Å²) in [6.07, 6.45) is -2.29. The summed E-state index contributed by atoms with van der Waals surface area (Å²) in [6.45, 7) is 2.38. The van der Waals surface area contributed by atoms with Gasteiger partial charge in [-0.05, 0) is 71.4 Å². The van der Waals surface area contributed by atoms with Gasteiger partial charge >= 0.3 is 12.3 Å². The Labute approximate surface area is 186 Å². The lowest BCUT2D eigenvalue weighted by atomic mass is 10.1. The maximum atomic E-state index is 12.7. The minimum atomic E-state index is -4.77. The highest BCUT2D eigenvalue weighted by molar-refractivity contribution is 9.10. The molecule has 4 rings (SSSR count). The van der Waals surface area contributed by atoms with E-state index in [1.54, 1.807) is 13.0 Å². The summed E-state index contributed by atoms with van der Waals surface area (Å²) < 4.78 is 50.0. The van der Waals surface area contributed by atoms with Crippen molar-refractivity contribution < 1.29 is 27.4 Å². The van der Waals surface area contributed by atoms with Gasteiger partial charge in [0.15, 0.2) is 0 Å². The number of aryl methyl sites for hydroxylation is 1. The number of hydrogen-bond donors (Lipinski definition) is 0. The molecule has 1 aliphatic rings. The summed E-state index contributed by atoms with van der Waals surface area (Å²) in [5, 5.41) is 0.963. The zero-order valence-corrected chi connectivity index (χ0v) is 18.4. The van der Waals surface area contributed by atoms with Gasteiger partial charge in [-0.25, -0.2) is 0 Å². The highest BCUT2D eigenvalue weighted by Crippen LogP contribution is 2.44. The van der Waals surface area contributed by atoms with Crippen molar-refractivity contribution in [3.8, 4) is 17.0 Å². The zero-order chi connectivity index (χ0) is 22.2. The molecule has 31 heavy (non-hydrogen) atoms. The number of ether oxygens (including phenoxy) is 2. The molecule has 0 amide bonds. The standard InChI is InChI=1S/C23H21BrF3NO3/c1-2-30-20(29)10-11-28-19-9-8-15(14-6-7-14)13-18(19)21(24)22(28)16-4-3-5-17(12-16)31-23(25,26)27/h3-5,8-9,12-14H,2,6-7,10-11H2,1H3. The quantitative estimate of drug-likeness (QED) is 0.338. The molecule has 0 saturated heterocycles. The molecule has 3 aromatic rings. The molecule has 1 aromatic heterocycles. The Hall–Kier alpha value is -2.48. The molecule has 1 heterocycles. The van der Waals surface area contributed by atoms with E-state index in [2.05, 4.69) is 32.8 Å². The largest absolute Gasteiger partial charge is 0.573 e. The number of halogens is 4. The highest BCUT2D eigenvalue weighted by atomic mass is 79.9. The van der Waals surface area contributed by atoms with Gasteiger partial charge in [0.1, 0.15) is 5.75 Å². The lowest BCUT2D eigenvalue weighted by molar-refractivity contribution is -0.274. The molecule has 0 unspecified atom stereocenters. The second-order valence-electron chi connectivity index (χ2n) is 7.50.